The van der Waals surface area contributed by atoms with Gasteiger partial charge in [0.15, 0.2) is 0 Å². The molecule has 2 aliphatic rings. The minimum absolute atomic E-state index is 0.0946. The number of nitrogens with one attached hydrogen (secondary N) is 1. The summed E-state index contributed by atoms with van der Waals surface area (Å²) in [6, 6.07) is 0.159. The van der Waals surface area contributed by atoms with E-state index >= 15 is 0 Å². The molecule has 2 aliphatic heterocycles. The fraction of sp³-hybridized carbons (Fsp3) is 0.650. The Morgan fingerprint density at radius 3 is 2.61 bits per heavy atom. The molecule has 0 aliphatic carbocycles. The molecule has 3 N–H and O–H groups in total. The molecule has 3 atom stereocenters. The maximum Gasteiger partial charge on any atom is 0.394 e. The monoisotopic (exact) mass is 408 g/mol. The molecule has 0 aromatic carbocycles. The average molecular weight is 409 g/mol. The highest BCUT2D eigenvalue weighted by atomic mass is 32.1. The highest BCUT2D eigenvalue weighted by Gasteiger charge is 2.41. The van der Waals surface area contributed by atoms with E-state index in [0.717, 1.165) is 55.6 Å². The first-order chi connectivity index (χ1) is 13.4. The van der Waals surface area contributed by atoms with Gasteiger partial charge in [-0.2, -0.15) is 0 Å². The van der Waals surface area contributed by atoms with Crippen LogP contribution in [0.15, 0.2) is 0 Å². The molecule has 0 spiro atoms. The third kappa shape index (κ3) is 4.22. The average Bonchev–Trinajstić information content (AvgIpc) is 3.03. The fourth-order valence-corrected chi connectivity index (χ4v) is 5.96. The molecule has 1 amide bonds. The van der Waals surface area contributed by atoms with Gasteiger partial charge in [-0.15, -0.1) is 11.3 Å². The number of thiophene rings is 1. The smallest absolute Gasteiger partial charge is 0.394 e. The number of anilines is 1. The van der Waals surface area contributed by atoms with Crippen LogP contribution in [0.2, 0.25) is 0 Å². The van der Waals surface area contributed by atoms with Gasteiger partial charge < -0.3 is 15.5 Å². The predicted octanol–water partition coefficient (Wildman–Crippen LogP) is 4.06. The third-order valence-corrected chi connectivity index (χ3v) is 7.02. The zero-order valence-corrected chi connectivity index (χ0v) is 17.0. The second kappa shape index (κ2) is 9.05. The first-order valence-electron chi connectivity index (χ1n) is 10.1. The van der Waals surface area contributed by atoms with Crippen LogP contribution in [0.25, 0.3) is 0 Å². The van der Waals surface area contributed by atoms with E-state index in [1.54, 1.807) is 0 Å². The second-order valence-electron chi connectivity index (χ2n) is 7.70. The van der Waals surface area contributed by atoms with Crippen molar-refractivity contribution in [2.24, 2.45) is 0 Å². The molecular weight excluding hydrogens is 380 g/mol. The van der Waals surface area contributed by atoms with Gasteiger partial charge in [0.05, 0.1) is 5.56 Å². The third-order valence-electron chi connectivity index (χ3n) is 5.79. The van der Waals surface area contributed by atoms with Crippen LogP contribution in [0.4, 0.5) is 5.00 Å². The van der Waals surface area contributed by atoms with E-state index in [0.29, 0.717) is 0 Å². The molecular formula is C20H28N2O5S. The minimum Gasteiger partial charge on any atom is -0.478 e. The Morgan fingerprint density at radius 1 is 1.18 bits per heavy atom. The topological polar surface area (TPSA) is 107 Å². The van der Waals surface area contributed by atoms with E-state index in [1.807, 2.05) is 0 Å². The van der Waals surface area contributed by atoms with Gasteiger partial charge in [-0.3, -0.25) is 9.69 Å². The van der Waals surface area contributed by atoms with Crippen LogP contribution in [0, 0.1) is 0 Å². The van der Waals surface area contributed by atoms with Gasteiger partial charge in [0.1, 0.15) is 5.00 Å². The van der Waals surface area contributed by atoms with Crippen LogP contribution >= 0.6 is 11.3 Å². The zero-order valence-electron chi connectivity index (χ0n) is 16.2. The van der Waals surface area contributed by atoms with E-state index < -0.39 is 17.8 Å². The summed E-state index contributed by atoms with van der Waals surface area (Å²) in [6.07, 6.45) is 8.81. The summed E-state index contributed by atoms with van der Waals surface area (Å²) in [6.45, 7) is 4.04. The molecule has 0 radical (unpaired) electrons. The van der Waals surface area contributed by atoms with Gasteiger partial charge in [-0.25, -0.2) is 9.59 Å². The molecule has 3 unspecified atom stereocenters. The van der Waals surface area contributed by atoms with Crippen molar-refractivity contribution in [3.8, 4) is 0 Å². The summed E-state index contributed by atoms with van der Waals surface area (Å²) in [4.78, 5) is 38.1. The quantitative estimate of drug-likeness (QED) is 0.442. The molecule has 8 heteroatoms. The number of fused-ring (bicyclic) bond motifs is 4. The number of hydrogen-bond donors (Lipinski definition) is 3. The molecule has 1 fully saturated rings. The van der Waals surface area contributed by atoms with Gasteiger partial charge in [0.2, 0.25) is 0 Å². The van der Waals surface area contributed by atoms with E-state index in [-0.39, 0.29) is 22.5 Å². The van der Waals surface area contributed by atoms with Crippen LogP contribution in [-0.2, 0) is 9.59 Å². The minimum atomic E-state index is -1.61. The molecule has 154 valence electrons. The Morgan fingerprint density at radius 2 is 1.93 bits per heavy atom. The molecule has 1 saturated heterocycles. The summed E-state index contributed by atoms with van der Waals surface area (Å²) in [5.74, 6) is -3.77. The lowest BCUT2D eigenvalue weighted by Crippen LogP contribution is -2.41. The molecule has 1 aromatic rings. The summed E-state index contributed by atoms with van der Waals surface area (Å²) in [5, 5.41) is 21.2. The largest absolute Gasteiger partial charge is 0.478 e. The molecule has 0 saturated carbocycles. The maximum atomic E-state index is 12.0. The zero-order chi connectivity index (χ0) is 20.3. The van der Waals surface area contributed by atoms with Crippen molar-refractivity contribution in [1.29, 1.82) is 0 Å². The molecule has 7 nitrogen and oxygen atoms in total. The lowest BCUT2D eigenvalue weighted by Gasteiger charge is -2.43. The molecule has 28 heavy (non-hydrogen) atoms. The van der Waals surface area contributed by atoms with Crippen LogP contribution < -0.4 is 5.32 Å². The number of nitrogens with zero attached hydrogens (tertiary/aromatic N) is 1. The van der Waals surface area contributed by atoms with Gasteiger partial charge in [0, 0.05) is 17.5 Å². The summed E-state index contributed by atoms with van der Waals surface area (Å²) < 4.78 is 0. The number of amides is 1. The highest BCUT2D eigenvalue weighted by molar-refractivity contribution is 7.17. The maximum absolute atomic E-state index is 12.0. The van der Waals surface area contributed by atoms with Crippen LogP contribution in [0.3, 0.4) is 0 Å². The van der Waals surface area contributed by atoms with E-state index in [9.17, 15) is 19.5 Å². The number of carboxylic acids is 2. The standard InChI is InChI=1S/C20H28N2O5S/c1-2-3-4-5-6-9-13-16-14(12-8-7-10-22(13)11-12)15(19(24)25)18(28-16)21-17(23)20(26)27/h12-13H,2-11H2,1H3,(H,21,23)(H,24,25)(H,26,27). The Bertz CT molecular complexity index is 760. The lowest BCUT2D eigenvalue weighted by atomic mass is 9.81. The summed E-state index contributed by atoms with van der Waals surface area (Å²) in [5.41, 5.74) is 0.921. The Kier molecular flexibility index (Phi) is 6.72. The molecule has 1 aromatic heterocycles. The predicted molar refractivity (Wildman–Crippen MR) is 107 cm³/mol. The Labute approximate surface area is 168 Å². The van der Waals surface area contributed by atoms with Gasteiger partial charge in [-0.05, 0) is 37.3 Å². The Balaban J connectivity index is 1.91. The van der Waals surface area contributed by atoms with Crippen molar-refractivity contribution in [2.45, 2.75) is 70.3 Å². The van der Waals surface area contributed by atoms with Crippen molar-refractivity contribution in [1.82, 2.24) is 4.90 Å². The number of unbranched alkanes of at least 4 members (excludes halogenated alkanes) is 4. The van der Waals surface area contributed by atoms with E-state index in [1.165, 1.54) is 30.6 Å². The number of piperidine rings is 1. The summed E-state index contributed by atoms with van der Waals surface area (Å²) in [7, 11) is 0. The number of carbonyl (C=O) groups is 3. The number of carbonyl (C=O) groups excluding carboxylic acids is 1. The van der Waals surface area contributed by atoms with Crippen molar-refractivity contribution in [3.05, 3.63) is 16.0 Å². The van der Waals surface area contributed by atoms with Crippen molar-refractivity contribution >= 4 is 34.2 Å². The van der Waals surface area contributed by atoms with E-state index in [2.05, 4.69) is 17.1 Å². The highest BCUT2D eigenvalue weighted by Crippen LogP contribution is 2.51. The first kappa shape index (κ1) is 20.8. The number of hydrogen-bond acceptors (Lipinski definition) is 5. The Hall–Kier alpha value is -1.93. The van der Waals surface area contributed by atoms with E-state index in [4.69, 9.17) is 5.11 Å². The number of carboxylic acid groups (broad SMARTS) is 2. The number of aliphatic carboxylic acids is 1. The molecule has 2 bridgehead atoms. The number of rotatable bonds is 8. The number of aromatic carboxylic acids is 1. The summed E-state index contributed by atoms with van der Waals surface area (Å²) >= 11 is 1.25. The SMILES string of the molecule is CCCCCCCC1c2sc(NC(=O)C(=O)O)c(C(=O)O)c2C2CCCN1C2. The van der Waals surface area contributed by atoms with Crippen molar-refractivity contribution < 1.29 is 24.6 Å². The first-order valence-corrected chi connectivity index (χ1v) is 10.9. The fourth-order valence-electron chi connectivity index (χ4n) is 4.52. The van der Waals surface area contributed by atoms with Crippen LogP contribution in [0.5, 0.6) is 0 Å². The molecule has 3 rings (SSSR count). The van der Waals surface area contributed by atoms with Gasteiger partial charge >= 0.3 is 17.8 Å². The normalized spacial score (nSPS) is 23.1. The lowest BCUT2D eigenvalue weighted by molar-refractivity contribution is -0.147. The van der Waals surface area contributed by atoms with Crippen molar-refractivity contribution in [2.75, 3.05) is 18.4 Å². The second-order valence-corrected chi connectivity index (χ2v) is 8.75. The van der Waals surface area contributed by atoms with Crippen LogP contribution in [-0.4, -0.2) is 46.0 Å². The van der Waals surface area contributed by atoms with Crippen LogP contribution in [0.1, 0.15) is 91.0 Å². The molecule has 3 heterocycles. The van der Waals surface area contributed by atoms with Gasteiger partial charge in [-0.1, -0.05) is 39.0 Å². The van der Waals surface area contributed by atoms with Gasteiger partial charge in [0.25, 0.3) is 0 Å². The van der Waals surface area contributed by atoms with Crippen molar-refractivity contribution in [3.63, 3.8) is 0 Å².